The Morgan fingerprint density at radius 1 is 1.06 bits per heavy atom. The highest BCUT2D eigenvalue weighted by Gasteiger charge is 2.35. The molecule has 3 aromatic carbocycles. The number of hydrogen-bond acceptors (Lipinski definition) is 5. The van der Waals surface area contributed by atoms with Crippen molar-refractivity contribution in [2.75, 3.05) is 0 Å². The van der Waals surface area contributed by atoms with E-state index in [2.05, 4.69) is 15.2 Å². The van der Waals surface area contributed by atoms with Crippen LogP contribution in [0.15, 0.2) is 65.3 Å². The first-order valence-electron chi connectivity index (χ1n) is 10.4. The first-order chi connectivity index (χ1) is 16.6. The van der Waals surface area contributed by atoms with Gasteiger partial charge >= 0.3 is 6.18 Å². The summed E-state index contributed by atoms with van der Waals surface area (Å²) in [6.45, 7) is 0. The van der Waals surface area contributed by atoms with Crippen LogP contribution in [0.1, 0.15) is 17.3 Å². The van der Waals surface area contributed by atoms with E-state index < -0.39 is 35.0 Å². The summed E-state index contributed by atoms with van der Waals surface area (Å²) in [4.78, 5) is 15.6. The lowest BCUT2D eigenvalue weighted by molar-refractivity contribution is -0.136. The lowest BCUT2D eigenvalue weighted by Gasteiger charge is -2.10. The van der Waals surface area contributed by atoms with Crippen molar-refractivity contribution in [3.8, 4) is 34.0 Å². The molecule has 0 aliphatic rings. The lowest BCUT2D eigenvalue weighted by atomic mass is 9.97. The highest BCUT2D eigenvalue weighted by molar-refractivity contribution is 5.88. The zero-order chi connectivity index (χ0) is 24.9. The minimum atomic E-state index is -4.82. The van der Waals surface area contributed by atoms with Gasteiger partial charge in [-0.2, -0.15) is 13.2 Å². The van der Waals surface area contributed by atoms with E-state index in [1.165, 1.54) is 18.5 Å². The first-order valence-corrected chi connectivity index (χ1v) is 9.89. The molecule has 5 rings (SSSR count). The summed E-state index contributed by atoms with van der Waals surface area (Å²) in [5.41, 5.74) is -0.320. The Balaban J connectivity index is 1.66. The van der Waals surface area contributed by atoms with Gasteiger partial charge in [0.1, 0.15) is 30.9 Å². The number of aryl methyl sites for hydroxylation is 1. The Morgan fingerprint density at radius 2 is 1.85 bits per heavy atom. The quantitative estimate of drug-likeness (QED) is 0.242. The minimum absolute atomic E-state index is 0.107. The Hall–Kier alpha value is -4.34. The van der Waals surface area contributed by atoms with Gasteiger partial charge in [0.15, 0.2) is 11.4 Å². The van der Waals surface area contributed by atoms with Crippen molar-refractivity contribution in [1.82, 2.24) is 19.7 Å². The minimum Gasteiger partial charge on any atom is -0.435 e. The molecule has 0 aliphatic carbocycles. The lowest BCUT2D eigenvalue weighted by Crippen LogP contribution is -2.06. The molecular formula is C24H14F4N4O2. The third-order valence-corrected chi connectivity index (χ3v) is 5.27. The number of carbonyl (C=O) groups excluding carboxylic acids is 1. The Morgan fingerprint density at radius 3 is 2.56 bits per heavy atom. The van der Waals surface area contributed by atoms with E-state index in [-0.39, 0.29) is 11.4 Å². The number of rotatable bonds is 4. The zero-order valence-electron chi connectivity index (χ0n) is 18.4. The molecule has 2 aromatic heterocycles. The van der Waals surface area contributed by atoms with Gasteiger partial charge in [0, 0.05) is 23.7 Å². The smallest absolute Gasteiger partial charge is 0.420 e. The summed E-state index contributed by atoms with van der Waals surface area (Å²) in [5.74, 6) is -0.153. The fourth-order valence-corrected chi connectivity index (χ4v) is 3.73. The van der Waals surface area contributed by atoms with Crippen molar-refractivity contribution in [2.24, 2.45) is 7.05 Å². The summed E-state index contributed by atoms with van der Waals surface area (Å²) >= 11 is 0. The normalized spacial score (nSPS) is 12.2. The van der Waals surface area contributed by atoms with Crippen molar-refractivity contribution in [2.45, 2.75) is 6.18 Å². The van der Waals surface area contributed by atoms with Gasteiger partial charge in [-0.25, -0.2) is 9.37 Å². The maximum Gasteiger partial charge on any atom is 0.420 e. The van der Waals surface area contributed by atoms with Crippen molar-refractivity contribution < 1.29 is 28.1 Å². The molecule has 0 radical (unpaired) electrons. The van der Waals surface area contributed by atoms with Crippen LogP contribution in [0.5, 0.6) is 0 Å². The van der Waals surface area contributed by atoms with E-state index >= 15 is 0 Å². The average molecular weight is 467 g/mol. The molecule has 0 saturated heterocycles. The van der Waals surface area contributed by atoms with Crippen molar-refractivity contribution in [1.29, 1.82) is 0 Å². The Bertz CT molecular complexity index is 1610. The molecule has 170 valence electrons. The third-order valence-electron chi connectivity index (χ3n) is 5.27. The number of hydrogen-bond donors (Lipinski definition) is 0. The van der Waals surface area contributed by atoms with Crippen LogP contribution < -0.4 is 0 Å². The van der Waals surface area contributed by atoms with E-state index in [9.17, 15) is 22.4 Å². The number of halogens is 4. The van der Waals surface area contributed by atoms with E-state index in [1.807, 2.05) is 0 Å². The number of nitrogens with zero attached hydrogens (tertiary/aromatic N) is 4. The maximum atomic E-state index is 14.1. The molecule has 0 aliphatic heterocycles. The summed E-state index contributed by atoms with van der Waals surface area (Å²) in [6.07, 6.45) is -4.61. The second-order valence-electron chi connectivity index (χ2n) is 7.53. The molecule has 2 heterocycles. The standard InChI is InChI=1S/C24H14F4N4O2/c1-32-12-29-31-22(32)18-10-16(25)5-6-17(18)14-3-2-4-15(9-14)23-30-20-8-13(11-33)7-19(21(20)34-23)24(26,27)28/h2-12H,1H3/i11D. The molecule has 0 atom stereocenters. The molecule has 34 heavy (non-hydrogen) atoms. The maximum absolute atomic E-state index is 14.1. The summed E-state index contributed by atoms with van der Waals surface area (Å²) in [7, 11) is 1.72. The first kappa shape index (κ1) is 20.3. The molecule has 10 heteroatoms. The Kier molecular flexibility index (Phi) is 4.72. The van der Waals surface area contributed by atoms with Crippen LogP contribution in [-0.2, 0) is 13.2 Å². The van der Waals surface area contributed by atoms with E-state index in [1.54, 1.807) is 41.9 Å². The number of fused-ring (bicyclic) bond motifs is 1. The number of carbonyl (C=O) groups is 1. The zero-order valence-corrected chi connectivity index (χ0v) is 17.4. The predicted molar refractivity (Wildman–Crippen MR) is 115 cm³/mol. The van der Waals surface area contributed by atoms with E-state index in [0.717, 1.165) is 6.07 Å². The molecule has 0 unspecified atom stereocenters. The molecule has 0 spiro atoms. The van der Waals surface area contributed by atoms with Crippen LogP contribution in [0.4, 0.5) is 17.6 Å². The summed E-state index contributed by atoms with van der Waals surface area (Å²) in [6, 6.07) is 12.5. The second-order valence-corrected chi connectivity index (χ2v) is 7.53. The molecule has 0 bridgehead atoms. The molecular weight excluding hydrogens is 452 g/mol. The van der Waals surface area contributed by atoms with Crippen LogP contribution in [0.2, 0.25) is 0 Å². The van der Waals surface area contributed by atoms with Gasteiger partial charge in [0.2, 0.25) is 5.89 Å². The number of oxazole rings is 1. The van der Waals surface area contributed by atoms with Gasteiger partial charge in [-0.3, -0.25) is 4.79 Å². The van der Waals surface area contributed by atoms with Crippen LogP contribution in [0.25, 0.3) is 45.1 Å². The molecule has 6 nitrogen and oxygen atoms in total. The van der Waals surface area contributed by atoms with Gasteiger partial charge in [0.05, 0.1) is 0 Å². The molecule has 0 N–H and O–H groups in total. The van der Waals surface area contributed by atoms with Gasteiger partial charge in [-0.15, -0.1) is 10.2 Å². The summed E-state index contributed by atoms with van der Waals surface area (Å²) < 4.78 is 69.2. The molecule has 0 amide bonds. The highest BCUT2D eigenvalue weighted by atomic mass is 19.4. The van der Waals surface area contributed by atoms with Crippen molar-refractivity contribution >= 4 is 17.4 Å². The monoisotopic (exact) mass is 467 g/mol. The average Bonchev–Trinajstić information content (AvgIpc) is 3.43. The van der Waals surface area contributed by atoms with Crippen molar-refractivity contribution in [3.05, 3.63) is 77.9 Å². The third kappa shape index (κ3) is 3.72. The van der Waals surface area contributed by atoms with Crippen LogP contribution in [0, 0.1) is 5.82 Å². The number of aromatic nitrogens is 4. The summed E-state index contributed by atoms with van der Waals surface area (Å²) in [5, 5.41) is 7.88. The van der Waals surface area contributed by atoms with Gasteiger partial charge in [-0.05, 0) is 47.5 Å². The largest absolute Gasteiger partial charge is 0.435 e. The van der Waals surface area contributed by atoms with E-state index in [4.69, 9.17) is 5.79 Å². The highest BCUT2D eigenvalue weighted by Crippen LogP contribution is 2.38. The van der Waals surface area contributed by atoms with Crippen LogP contribution in [0.3, 0.4) is 0 Å². The number of aldehydes is 1. The van der Waals surface area contributed by atoms with Gasteiger partial charge in [-0.1, -0.05) is 18.2 Å². The fourth-order valence-electron chi connectivity index (χ4n) is 3.73. The van der Waals surface area contributed by atoms with Gasteiger partial charge in [0.25, 0.3) is 0 Å². The second kappa shape index (κ2) is 7.91. The number of alkyl halides is 3. The fraction of sp³-hybridized carbons (Fsp3) is 0.0833. The van der Waals surface area contributed by atoms with Crippen molar-refractivity contribution in [3.63, 3.8) is 0 Å². The molecule has 5 aromatic rings. The van der Waals surface area contributed by atoms with Gasteiger partial charge < -0.3 is 8.98 Å². The van der Waals surface area contributed by atoms with Crippen LogP contribution >= 0.6 is 0 Å². The molecule has 0 saturated carbocycles. The molecule has 0 fully saturated rings. The van der Waals surface area contributed by atoms with E-state index in [0.29, 0.717) is 34.1 Å². The Labute approximate surface area is 190 Å². The predicted octanol–water partition coefficient (Wildman–Crippen LogP) is 5.93. The SMILES string of the molecule is [2H]C(=O)c1cc(C(F)(F)F)c2oc(-c3cccc(-c4ccc(F)cc4-c4nncn4C)c3)nc2c1. The number of benzene rings is 3. The van der Waals surface area contributed by atoms with Crippen LogP contribution in [-0.4, -0.2) is 26.0 Å². The topological polar surface area (TPSA) is 73.8 Å².